The van der Waals surface area contributed by atoms with Crippen LogP contribution in [0.3, 0.4) is 0 Å². The largest absolute Gasteiger partial charge is 0.317 e. The third-order valence-electron chi connectivity index (χ3n) is 5.84. The van der Waals surface area contributed by atoms with Gasteiger partial charge in [-0.3, -0.25) is 9.59 Å². The Balaban J connectivity index is 1.89. The van der Waals surface area contributed by atoms with Gasteiger partial charge in [0.25, 0.3) is 5.56 Å². The normalized spacial score (nSPS) is 11.0. The lowest BCUT2D eigenvalue weighted by Crippen LogP contribution is -2.16. The van der Waals surface area contributed by atoms with E-state index in [2.05, 4.69) is 6.58 Å². The molecule has 1 heterocycles. The van der Waals surface area contributed by atoms with Crippen molar-refractivity contribution in [2.75, 3.05) is 0 Å². The van der Waals surface area contributed by atoms with Gasteiger partial charge in [0.2, 0.25) is 0 Å². The molecule has 0 unspecified atom stereocenters. The maximum Gasteiger partial charge on any atom is 0.258 e. The van der Waals surface area contributed by atoms with E-state index in [1.807, 2.05) is 36.4 Å². The number of hydrogen-bond acceptors (Lipinski definition) is 2. The van der Waals surface area contributed by atoms with E-state index in [-0.39, 0.29) is 17.8 Å². The average molecular weight is 443 g/mol. The molecule has 0 saturated carbocycles. The van der Waals surface area contributed by atoms with Gasteiger partial charge in [-0.05, 0) is 52.3 Å². The zero-order valence-corrected chi connectivity index (χ0v) is 18.3. The molecule has 0 bridgehead atoms. The maximum atomic E-state index is 14.4. The highest BCUT2D eigenvalue weighted by Crippen LogP contribution is 2.32. The number of rotatable bonds is 7. The van der Waals surface area contributed by atoms with Crippen LogP contribution in [0, 0.1) is 11.6 Å². The monoisotopic (exact) mass is 443 g/mol. The number of allylic oxidation sites excluding steroid dienone is 1. The van der Waals surface area contributed by atoms with Gasteiger partial charge in [-0.2, -0.15) is 0 Å². The van der Waals surface area contributed by atoms with Crippen LogP contribution in [-0.4, -0.2) is 10.4 Å². The molecule has 5 heteroatoms. The van der Waals surface area contributed by atoms with Crippen LogP contribution in [-0.2, 0) is 24.7 Å². The number of hydrogen-bond donors (Lipinski definition) is 0. The summed E-state index contributed by atoms with van der Waals surface area (Å²) in [6, 6.07) is 16.8. The molecule has 0 fully saturated rings. The van der Waals surface area contributed by atoms with Crippen molar-refractivity contribution in [3.8, 4) is 11.1 Å². The number of carbonyl (C=O) groups excluding carboxylic acids is 1. The van der Waals surface area contributed by atoms with Crippen LogP contribution < -0.4 is 5.56 Å². The van der Waals surface area contributed by atoms with Gasteiger partial charge in [0, 0.05) is 43.1 Å². The first-order valence-corrected chi connectivity index (χ1v) is 10.7. The lowest BCUT2D eigenvalue weighted by atomic mass is 9.90. The van der Waals surface area contributed by atoms with Gasteiger partial charge in [-0.15, -0.1) is 0 Å². The first-order valence-electron chi connectivity index (χ1n) is 10.7. The summed E-state index contributed by atoms with van der Waals surface area (Å²) < 4.78 is 29.4. The van der Waals surface area contributed by atoms with Crippen LogP contribution in [0.5, 0.6) is 0 Å². The second-order valence-corrected chi connectivity index (χ2v) is 8.08. The molecule has 0 saturated heterocycles. The number of aryl methyl sites for hydroxylation is 2. The second-order valence-electron chi connectivity index (χ2n) is 8.08. The van der Waals surface area contributed by atoms with Crippen molar-refractivity contribution in [2.45, 2.75) is 19.3 Å². The molecule has 4 aromatic rings. The summed E-state index contributed by atoms with van der Waals surface area (Å²) >= 11 is 0. The minimum atomic E-state index is -0.622. The average Bonchev–Trinajstić information content (AvgIpc) is 2.82. The number of pyridine rings is 1. The first kappa shape index (κ1) is 22.3. The molecule has 166 valence electrons. The van der Waals surface area contributed by atoms with Gasteiger partial charge in [-0.25, -0.2) is 8.78 Å². The molecule has 0 N–H and O–H groups in total. The minimum absolute atomic E-state index is 0.0402. The molecule has 4 rings (SSSR count). The zero-order valence-electron chi connectivity index (χ0n) is 18.3. The predicted molar refractivity (Wildman–Crippen MR) is 127 cm³/mol. The predicted octanol–water partition coefficient (Wildman–Crippen LogP) is 5.76. The van der Waals surface area contributed by atoms with Gasteiger partial charge in [0.15, 0.2) is 5.78 Å². The molecule has 0 aliphatic carbocycles. The molecule has 0 spiro atoms. The Labute approximate surface area is 190 Å². The standard InChI is InChI=1S/C28H23F2NO2/c1-3-22(32)13-9-18-8-10-19(15-20-11-12-21(29)16-27(20)30)25(14-18)26-17-31(2)28(33)24-7-5-4-6-23(24)26/h3-8,10-12,14,16-17H,1,9,13,15H2,2H3. The number of aromatic nitrogens is 1. The van der Waals surface area contributed by atoms with Crippen molar-refractivity contribution in [3.05, 3.63) is 118 Å². The lowest BCUT2D eigenvalue weighted by Gasteiger charge is -2.16. The molecule has 3 aromatic carbocycles. The van der Waals surface area contributed by atoms with Gasteiger partial charge >= 0.3 is 0 Å². The number of nitrogens with zero attached hydrogens (tertiary/aromatic N) is 1. The van der Waals surface area contributed by atoms with E-state index in [0.717, 1.165) is 33.7 Å². The third-order valence-corrected chi connectivity index (χ3v) is 5.84. The minimum Gasteiger partial charge on any atom is -0.317 e. The van der Waals surface area contributed by atoms with Crippen LogP contribution in [0.2, 0.25) is 0 Å². The highest BCUT2D eigenvalue weighted by atomic mass is 19.1. The van der Waals surface area contributed by atoms with Crippen LogP contribution in [0.1, 0.15) is 23.1 Å². The molecule has 0 amide bonds. The number of ketones is 1. The molecule has 0 atom stereocenters. The Morgan fingerprint density at radius 2 is 1.70 bits per heavy atom. The van der Waals surface area contributed by atoms with E-state index < -0.39 is 11.6 Å². The summed E-state index contributed by atoms with van der Waals surface area (Å²) in [7, 11) is 1.70. The Morgan fingerprint density at radius 1 is 0.970 bits per heavy atom. The summed E-state index contributed by atoms with van der Waals surface area (Å²) in [6.07, 6.45) is 4.22. The zero-order chi connectivity index (χ0) is 23.5. The van der Waals surface area contributed by atoms with Gasteiger partial charge < -0.3 is 4.57 Å². The number of carbonyl (C=O) groups is 1. The summed E-state index contributed by atoms with van der Waals surface area (Å²) in [4.78, 5) is 24.4. The summed E-state index contributed by atoms with van der Waals surface area (Å²) in [6.45, 7) is 3.52. The maximum absolute atomic E-state index is 14.4. The summed E-state index contributed by atoms with van der Waals surface area (Å²) in [5, 5.41) is 1.38. The van der Waals surface area contributed by atoms with E-state index in [9.17, 15) is 18.4 Å². The second kappa shape index (κ2) is 9.33. The van der Waals surface area contributed by atoms with E-state index in [4.69, 9.17) is 0 Å². The molecule has 33 heavy (non-hydrogen) atoms. The topological polar surface area (TPSA) is 39.1 Å². The van der Waals surface area contributed by atoms with Crippen LogP contribution in [0.4, 0.5) is 8.78 Å². The van der Waals surface area contributed by atoms with Crippen LogP contribution >= 0.6 is 0 Å². The van der Waals surface area contributed by atoms with E-state index in [0.29, 0.717) is 23.8 Å². The van der Waals surface area contributed by atoms with Crippen LogP contribution in [0.25, 0.3) is 21.9 Å². The van der Waals surface area contributed by atoms with Crippen molar-refractivity contribution in [2.24, 2.45) is 7.05 Å². The van der Waals surface area contributed by atoms with E-state index in [1.165, 1.54) is 22.8 Å². The quantitative estimate of drug-likeness (QED) is 0.341. The van der Waals surface area contributed by atoms with Crippen molar-refractivity contribution >= 4 is 16.6 Å². The third kappa shape index (κ3) is 4.67. The van der Waals surface area contributed by atoms with Gasteiger partial charge in [0.1, 0.15) is 11.6 Å². The molecule has 0 aliphatic rings. The van der Waals surface area contributed by atoms with Crippen molar-refractivity contribution in [3.63, 3.8) is 0 Å². The van der Waals surface area contributed by atoms with Crippen molar-refractivity contribution < 1.29 is 13.6 Å². The van der Waals surface area contributed by atoms with Gasteiger partial charge in [0.05, 0.1) is 0 Å². The van der Waals surface area contributed by atoms with Gasteiger partial charge in [-0.1, -0.05) is 49.0 Å². The highest BCUT2D eigenvalue weighted by molar-refractivity contribution is 5.96. The Bertz CT molecular complexity index is 1440. The van der Waals surface area contributed by atoms with E-state index in [1.54, 1.807) is 19.3 Å². The summed E-state index contributed by atoms with van der Waals surface area (Å²) in [5.74, 6) is -1.27. The highest BCUT2D eigenvalue weighted by Gasteiger charge is 2.15. The fraction of sp³-hybridized carbons (Fsp3) is 0.143. The molecular formula is C28H23F2NO2. The van der Waals surface area contributed by atoms with E-state index >= 15 is 0 Å². The Kier molecular flexibility index (Phi) is 6.31. The molecule has 0 radical (unpaired) electrons. The Morgan fingerprint density at radius 3 is 2.42 bits per heavy atom. The number of benzene rings is 3. The number of fused-ring (bicyclic) bond motifs is 1. The fourth-order valence-electron chi connectivity index (χ4n) is 4.05. The SMILES string of the molecule is C=CC(=O)CCc1ccc(Cc2ccc(F)cc2F)c(-c2cn(C)c(=O)c3ccccc23)c1. The Hall–Kier alpha value is -3.86. The molecular weight excluding hydrogens is 420 g/mol. The van der Waals surface area contributed by atoms with Crippen molar-refractivity contribution in [1.29, 1.82) is 0 Å². The molecule has 0 aliphatic heterocycles. The number of halogens is 2. The first-order chi connectivity index (χ1) is 15.9. The molecule has 1 aromatic heterocycles. The fourth-order valence-corrected chi connectivity index (χ4v) is 4.05. The van der Waals surface area contributed by atoms with Crippen LogP contribution in [0.15, 0.2) is 84.3 Å². The smallest absolute Gasteiger partial charge is 0.258 e. The summed E-state index contributed by atoms with van der Waals surface area (Å²) in [5.41, 5.74) is 3.73. The molecule has 3 nitrogen and oxygen atoms in total. The van der Waals surface area contributed by atoms with Crippen molar-refractivity contribution in [1.82, 2.24) is 4.57 Å². The lowest BCUT2D eigenvalue weighted by molar-refractivity contribution is -0.114.